The molecule has 0 aliphatic carbocycles. The Hall–Kier alpha value is -1.67. The average Bonchev–Trinajstić information content (AvgIpc) is 2.98. The van der Waals surface area contributed by atoms with Gasteiger partial charge < -0.3 is 4.90 Å². The van der Waals surface area contributed by atoms with Gasteiger partial charge in [0, 0.05) is 51.2 Å². The summed E-state index contributed by atoms with van der Waals surface area (Å²) < 4.78 is 1.77. The lowest BCUT2D eigenvalue weighted by Crippen LogP contribution is -2.68. The molecule has 0 radical (unpaired) electrons. The molecule has 2 bridgehead atoms. The molecule has 3 aliphatic rings. The summed E-state index contributed by atoms with van der Waals surface area (Å²) in [6.07, 6.45) is 7.14. The SMILES string of the molecule is CSc1nccc(N2CC3CC(C2)N3Cc2cn(C)nn2)n1. The van der Waals surface area contributed by atoms with E-state index in [4.69, 9.17) is 0 Å². The van der Waals surface area contributed by atoms with Crippen molar-refractivity contribution in [3.05, 3.63) is 24.2 Å². The molecule has 0 N–H and O–H groups in total. The Labute approximate surface area is 133 Å². The standard InChI is InChI=1S/C14H19N7S/c1-19-6-10(17-18-19)7-21-11-5-12(21)9-20(8-11)13-3-4-15-14(16-13)22-2/h3-4,6,11-12H,5,7-9H2,1-2H3. The van der Waals surface area contributed by atoms with Crippen LogP contribution in [0.3, 0.4) is 0 Å². The van der Waals surface area contributed by atoms with Crippen LogP contribution >= 0.6 is 11.8 Å². The predicted octanol–water partition coefficient (Wildman–Crippen LogP) is 0.790. The van der Waals surface area contributed by atoms with Crippen LogP contribution in [0.2, 0.25) is 0 Å². The summed E-state index contributed by atoms with van der Waals surface area (Å²) in [5.41, 5.74) is 1.05. The summed E-state index contributed by atoms with van der Waals surface area (Å²) in [6.45, 7) is 2.96. The van der Waals surface area contributed by atoms with Crippen molar-refractivity contribution in [2.45, 2.75) is 30.2 Å². The highest BCUT2D eigenvalue weighted by molar-refractivity contribution is 7.98. The molecule has 0 aromatic carbocycles. The number of thioether (sulfide) groups is 1. The minimum atomic E-state index is 0.591. The second-order valence-corrected chi connectivity index (χ2v) is 6.68. The largest absolute Gasteiger partial charge is 0.353 e. The van der Waals surface area contributed by atoms with Gasteiger partial charge >= 0.3 is 0 Å². The number of hydrogen-bond acceptors (Lipinski definition) is 7. The van der Waals surface area contributed by atoms with E-state index in [1.54, 1.807) is 16.4 Å². The molecular weight excluding hydrogens is 298 g/mol. The zero-order valence-corrected chi connectivity index (χ0v) is 13.6. The lowest BCUT2D eigenvalue weighted by atomic mass is 9.87. The van der Waals surface area contributed by atoms with Crippen molar-refractivity contribution in [1.29, 1.82) is 0 Å². The third-order valence-electron chi connectivity index (χ3n) is 4.46. The van der Waals surface area contributed by atoms with Crippen molar-refractivity contribution in [3.63, 3.8) is 0 Å². The van der Waals surface area contributed by atoms with Gasteiger partial charge in [-0.3, -0.25) is 9.58 Å². The molecule has 0 saturated carbocycles. The van der Waals surface area contributed by atoms with E-state index in [-0.39, 0.29) is 0 Å². The van der Waals surface area contributed by atoms with Gasteiger partial charge in [-0.2, -0.15) is 0 Å². The Balaban J connectivity index is 1.43. The van der Waals surface area contributed by atoms with Gasteiger partial charge in [0.05, 0.1) is 5.69 Å². The maximum atomic E-state index is 4.62. The lowest BCUT2D eigenvalue weighted by molar-refractivity contribution is -0.00975. The van der Waals surface area contributed by atoms with Crippen LogP contribution in [0.25, 0.3) is 0 Å². The summed E-state index contributed by atoms with van der Waals surface area (Å²) in [5.74, 6) is 1.05. The first-order valence-electron chi connectivity index (χ1n) is 7.46. The molecule has 2 atom stereocenters. The van der Waals surface area contributed by atoms with Crippen LogP contribution in [0.4, 0.5) is 5.82 Å². The van der Waals surface area contributed by atoms with Gasteiger partial charge in [-0.1, -0.05) is 17.0 Å². The lowest BCUT2D eigenvalue weighted by Gasteiger charge is -2.56. The Morgan fingerprint density at radius 3 is 2.82 bits per heavy atom. The molecule has 3 fully saturated rings. The third-order valence-corrected chi connectivity index (χ3v) is 5.03. The fourth-order valence-corrected chi connectivity index (χ4v) is 3.74. The second kappa shape index (κ2) is 5.51. The van der Waals surface area contributed by atoms with E-state index in [1.165, 1.54) is 6.42 Å². The number of anilines is 1. The molecule has 3 aliphatic heterocycles. The van der Waals surface area contributed by atoms with Gasteiger partial charge in [-0.15, -0.1) is 5.10 Å². The summed E-state index contributed by atoms with van der Waals surface area (Å²) in [6, 6.07) is 3.19. The van der Waals surface area contributed by atoms with Crippen LogP contribution < -0.4 is 4.90 Å². The summed E-state index contributed by atoms with van der Waals surface area (Å²) in [4.78, 5) is 13.8. The molecule has 0 spiro atoms. The first kappa shape index (κ1) is 14.0. The highest BCUT2D eigenvalue weighted by Crippen LogP contribution is 2.35. The molecule has 3 saturated heterocycles. The van der Waals surface area contributed by atoms with E-state index in [1.807, 2.05) is 31.8 Å². The highest BCUT2D eigenvalue weighted by Gasteiger charge is 2.45. The van der Waals surface area contributed by atoms with Crippen molar-refractivity contribution < 1.29 is 0 Å². The monoisotopic (exact) mass is 317 g/mol. The Kier molecular flexibility index (Phi) is 3.50. The summed E-state index contributed by atoms with van der Waals surface area (Å²) >= 11 is 1.59. The minimum absolute atomic E-state index is 0.591. The van der Waals surface area contributed by atoms with Crippen LogP contribution in [0.15, 0.2) is 23.6 Å². The molecular formula is C14H19N7S. The van der Waals surface area contributed by atoms with Crippen molar-refractivity contribution in [3.8, 4) is 0 Å². The van der Waals surface area contributed by atoms with Gasteiger partial charge in [0.15, 0.2) is 5.16 Å². The summed E-state index contributed by atoms with van der Waals surface area (Å²) in [5, 5.41) is 9.05. The molecule has 8 heteroatoms. The average molecular weight is 317 g/mol. The maximum absolute atomic E-state index is 4.62. The van der Waals surface area contributed by atoms with Crippen molar-refractivity contribution in [2.75, 3.05) is 24.2 Å². The molecule has 22 heavy (non-hydrogen) atoms. The topological polar surface area (TPSA) is 63.0 Å². The fourth-order valence-electron chi connectivity index (χ4n) is 3.39. The van der Waals surface area contributed by atoms with Crippen LogP contribution in [0.1, 0.15) is 12.1 Å². The molecule has 5 rings (SSSR count). The van der Waals surface area contributed by atoms with E-state index < -0.39 is 0 Å². The molecule has 7 nitrogen and oxygen atoms in total. The van der Waals surface area contributed by atoms with Gasteiger partial charge in [0.1, 0.15) is 5.82 Å². The van der Waals surface area contributed by atoms with Crippen LogP contribution in [-0.4, -0.2) is 61.3 Å². The molecule has 2 aromatic rings. The maximum Gasteiger partial charge on any atom is 0.189 e. The predicted molar refractivity (Wildman–Crippen MR) is 84.8 cm³/mol. The molecule has 5 heterocycles. The van der Waals surface area contributed by atoms with E-state index in [0.717, 1.165) is 36.3 Å². The van der Waals surface area contributed by atoms with E-state index in [9.17, 15) is 0 Å². The van der Waals surface area contributed by atoms with E-state index in [0.29, 0.717) is 12.1 Å². The first-order valence-corrected chi connectivity index (χ1v) is 8.68. The smallest absolute Gasteiger partial charge is 0.189 e. The third kappa shape index (κ3) is 2.46. The zero-order chi connectivity index (χ0) is 15.1. The molecule has 2 aromatic heterocycles. The Morgan fingerprint density at radius 2 is 2.14 bits per heavy atom. The number of piperidine rings is 1. The number of aromatic nitrogens is 5. The van der Waals surface area contributed by atoms with Gasteiger partial charge in [-0.05, 0) is 18.7 Å². The highest BCUT2D eigenvalue weighted by atomic mass is 32.2. The molecule has 2 unspecified atom stereocenters. The van der Waals surface area contributed by atoms with Crippen LogP contribution in [-0.2, 0) is 13.6 Å². The normalized spacial score (nSPS) is 24.4. The minimum Gasteiger partial charge on any atom is -0.353 e. The number of fused-ring (bicyclic) bond motifs is 2. The Morgan fingerprint density at radius 1 is 1.32 bits per heavy atom. The molecule has 0 amide bonds. The van der Waals surface area contributed by atoms with E-state index >= 15 is 0 Å². The first-order chi connectivity index (χ1) is 10.7. The summed E-state index contributed by atoms with van der Waals surface area (Å²) in [7, 11) is 1.91. The molecule has 116 valence electrons. The van der Waals surface area contributed by atoms with Crippen molar-refractivity contribution in [1.82, 2.24) is 29.9 Å². The quantitative estimate of drug-likeness (QED) is 0.610. The Bertz CT molecular complexity index is 661. The van der Waals surface area contributed by atoms with Crippen molar-refractivity contribution >= 4 is 17.6 Å². The number of piperazine rings is 1. The number of hydrogen-bond donors (Lipinski definition) is 0. The van der Waals surface area contributed by atoms with Crippen LogP contribution in [0, 0.1) is 0 Å². The van der Waals surface area contributed by atoms with Gasteiger partial charge in [0.2, 0.25) is 0 Å². The number of rotatable bonds is 4. The van der Waals surface area contributed by atoms with Crippen molar-refractivity contribution in [2.24, 2.45) is 7.05 Å². The van der Waals surface area contributed by atoms with Gasteiger partial charge in [0.25, 0.3) is 0 Å². The second-order valence-electron chi connectivity index (χ2n) is 5.91. The van der Waals surface area contributed by atoms with Crippen LogP contribution in [0.5, 0.6) is 0 Å². The zero-order valence-electron chi connectivity index (χ0n) is 12.8. The number of nitrogens with zero attached hydrogens (tertiary/aromatic N) is 7. The fraction of sp³-hybridized carbons (Fsp3) is 0.571. The van der Waals surface area contributed by atoms with E-state index in [2.05, 4.69) is 30.1 Å². The van der Waals surface area contributed by atoms with Gasteiger partial charge in [-0.25, -0.2) is 9.97 Å². The number of aryl methyl sites for hydroxylation is 1.